The number of amides is 2. The molecule has 4 nitrogen and oxygen atoms in total. The number of imide groups is 1. The SMILES string of the molecule is Cc1ccc(N2C(=O)C(Cl)=C(Nc3cccc(C(F)(F)F)c3)C2=O)c(C)c1. The van der Waals surface area contributed by atoms with Gasteiger partial charge in [-0.05, 0) is 43.7 Å². The zero-order chi connectivity index (χ0) is 19.9. The summed E-state index contributed by atoms with van der Waals surface area (Å²) >= 11 is 6.01. The number of nitrogens with zero attached hydrogens (tertiary/aromatic N) is 1. The van der Waals surface area contributed by atoms with E-state index in [0.29, 0.717) is 11.3 Å². The van der Waals surface area contributed by atoms with Crippen molar-refractivity contribution in [3.05, 3.63) is 69.9 Å². The fraction of sp³-hybridized carbons (Fsp3) is 0.158. The van der Waals surface area contributed by atoms with Crippen LogP contribution >= 0.6 is 11.6 Å². The lowest BCUT2D eigenvalue weighted by atomic mass is 10.1. The van der Waals surface area contributed by atoms with E-state index >= 15 is 0 Å². The van der Waals surface area contributed by atoms with Crippen LogP contribution in [-0.2, 0) is 15.8 Å². The van der Waals surface area contributed by atoms with Gasteiger partial charge in [0, 0.05) is 5.69 Å². The second kappa shape index (κ2) is 6.74. The van der Waals surface area contributed by atoms with Crippen LogP contribution in [0.25, 0.3) is 0 Å². The van der Waals surface area contributed by atoms with Crippen molar-refractivity contribution in [2.24, 2.45) is 0 Å². The summed E-state index contributed by atoms with van der Waals surface area (Å²) in [5.74, 6) is -1.46. The third-order valence-corrected chi connectivity index (χ3v) is 4.43. The van der Waals surface area contributed by atoms with Crippen LogP contribution in [0.4, 0.5) is 24.5 Å². The molecule has 0 bridgehead atoms. The first-order valence-electron chi connectivity index (χ1n) is 7.89. The summed E-state index contributed by atoms with van der Waals surface area (Å²) in [5, 5.41) is 2.17. The van der Waals surface area contributed by atoms with Gasteiger partial charge in [-0.1, -0.05) is 35.4 Å². The third kappa shape index (κ3) is 3.55. The van der Waals surface area contributed by atoms with Crippen LogP contribution in [0.5, 0.6) is 0 Å². The average Bonchev–Trinajstić information content (AvgIpc) is 2.79. The standard InChI is InChI=1S/C19H14ClF3N2O2/c1-10-6-7-14(11(2)8-10)25-17(26)15(20)16(18(25)27)24-13-5-3-4-12(9-13)19(21,22)23/h3-9,24H,1-2H3. The molecule has 1 aliphatic heterocycles. The van der Waals surface area contributed by atoms with Crippen LogP contribution < -0.4 is 10.2 Å². The number of halogens is 4. The van der Waals surface area contributed by atoms with Crippen molar-refractivity contribution in [3.63, 3.8) is 0 Å². The molecule has 8 heteroatoms. The highest BCUT2D eigenvalue weighted by molar-refractivity contribution is 6.53. The summed E-state index contributed by atoms with van der Waals surface area (Å²) in [7, 11) is 0. The fourth-order valence-corrected chi connectivity index (χ4v) is 3.02. The summed E-state index contributed by atoms with van der Waals surface area (Å²) in [6.45, 7) is 3.62. The minimum atomic E-state index is -4.53. The molecule has 0 aromatic heterocycles. The maximum absolute atomic E-state index is 12.9. The predicted molar refractivity (Wildman–Crippen MR) is 96.4 cm³/mol. The summed E-state index contributed by atoms with van der Waals surface area (Å²) in [6.07, 6.45) is -4.53. The van der Waals surface area contributed by atoms with Gasteiger partial charge in [-0.3, -0.25) is 9.59 Å². The van der Waals surface area contributed by atoms with Crippen molar-refractivity contribution in [3.8, 4) is 0 Å². The van der Waals surface area contributed by atoms with Gasteiger partial charge >= 0.3 is 6.18 Å². The Bertz CT molecular complexity index is 983. The first-order chi connectivity index (χ1) is 12.6. The van der Waals surface area contributed by atoms with Gasteiger partial charge < -0.3 is 5.32 Å². The predicted octanol–water partition coefficient (Wildman–Crippen LogP) is 4.76. The molecule has 3 rings (SSSR count). The van der Waals surface area contributed by atoms with E-state index in [-0.39, 0.29) is 16.4 Å². The molecule has 0 saturated carbocycles. The van der Waals surface area contributed by atoms with Crippen molar-refractivity contribution in [1.82, 2.24) is 0 Å². The Kier molecular flexibility index (Phi) is 4.73. The molecule has 2 aromatic carbocycles. The maximum Gasteiger partial charge on any atom is 0.416 e. The lowest BCUT2D eigenvalue weighted by molar-refractivity contribution is -0.137. The largest absolute Gasteiger partial charge is 0.416 e. The molecule has 2 aromatic rings. The molecular formula is C19H14ClF3N2O2. The maximum atomic E-state index is 12.9. The Morgan fingerprint density at radius 3 is 2.33 bits per heavy atom. The molecule has 1 heterocycles. The number of hydrogen-bond acceptors (Lipinski definition) is 3. The van der Waals surface area contributed by atoms with Crippen LogP contribution in [0.2, 0.25) is 0 Å². The van der Waals surface area contributed by atoms with Gasteiger partial charge in [-0.2, -0.15) is 13.2 Å². The summed E-state index contributed by atoms with van der Waals surface area (Å²) in [4.78, 5) is 26.1. The van der Waals surface area contributed by atoms with Crippen molar-refractivity contribution in [1.29, 1.82) is 0 Å². The molecule has 2 amide bonds. The minimum absolute atomic E-state index is 0.00148. The molecule has 0 fully saturated rings. The molecule has 0 atom stereocenters. The quantitative estimate of drug-likeness (QED) is 0.764. The number of aryl methyl sites for hydroxylation is 2. The van der Waals surface area contributed by atoms with Gasteiger partial charge in [-0.15, -0.1) is 0 Å². The number of nitrogens with one attached hydrogen (secondary N) is 1. The Morgan fingerprint density at radius 1 is 1.00 bits per heavy atom. The van der Waals surface area contributed by atoms with E-state index in [9.17, 15) is 22.8 Å². The van der Waals surface area contributed by atoms with Gasteiger partial charge in [0.2, 0.25) is 0 Å². The first-order valence-corrected chi connectivity index (χ1v) is 8.27. The summed E-state index contributed by atoms with van der Waals surface area (Å²) in [6, 6.07) is 9.47. The number of benzene rings is 2. The van der Waals surface area contributed by atoms with Crippen molar-refractivity contribution in [2.45, 2.75) is 20.0 Å². The van der Waals surface area contributed by atoms with Crippen LogP contribution in [-0.4, -0.2) is 11.8 Å². The van der Waals surface area contributed by atoms with E-state index in [2.05, 4.69) is 5.32 Å². The number of alkyl halides is 3. The van der Waals surface area contributed by atoms with E-state index in [1.807, 2.05) is 13.0 Å². The second-order valence-corrected chi connectivity index (χ2v) is 6.51. The molecule has 1 N–H and O–H groups in total. The van der Waals surface area contributed by atoms with Gasteiger partial charge in [0.15, 0.2) is 0 Å². The molecule has 0 unspecified atom stereocenters. The Morgan fingerprint density at radius 2 is 1.70 bits per heavy atom. The number of anilines is 2. The van der Waals surface area contributed by atoms with E-state index in [4.69, 9.17) is 11.6 Å². The number of carbonyl (C=O) groups is 2. The second-order valence-electron chi connectivity index (χ2n) is 6.13. The van der Waals surface area contributed by atoms with Gasteiger partial charge in [0.05, 0.1) is 11.3 Å². The van der Waals surface area contributed by atoms with Gasteiger partial charge in [0.25, 0.3) is 11.8 Å². The lowest BCUT2D eigenvalue weighted by Gasteiger charge is -2.18. The monoisotopic (exact) mass is 394 g/mol. The summed E-state index contributed by atoms with van der Waals surface area (Å²) < 4.78 is 38.6. The Hall–Kier alpha value is -2.80. The van der Waals surface area contributed by atoms with Crippen LogP contribution in [0.1, 0.15) is 16.7 Å². The molecule has 140 valence electrons. The molecule has 1 aliphatic rings. The number of rotatable bonds is 3. The van der Waals surface area contributed by atoms with Crippen LogP contribution in [0, 0.1) is 13.8 Å². The third-order valence-electron chi connectivity index (χ3n) is 4.08. The highest BCUT2D eigenvalue weighted by atomic mass is 35.5. The van der Waals surface area contributed by atoms with E-state index in [1.165, 1.54) is 12.1 Å². The lowest BCUT2D eigenvalue weighted by Crippen LogP contribution is -2.32. The highest BCUT2D eigenvalue weighted by Crippen LogP contribution is 2.34. The van der Waals surface area contributed by atoms with E-state index < -0.39 is 23.6 Å². The van der Waals surface area contributed by atoms with Crippen LogP contribution in [0.3, 0.4) is 0 Å². The van der Waals surface area contributed by atoms with Crippen molar-refractivity contribution >= 4 is 34.8 Å². The topological polar surface area (TPSA) is 49.4 Å². The van der Waals surface area contributed by atoms with Crippen LogP contribution in [0.15, 0.2) is 53.2 Å². The molecule has 27 heavy (non-hydrogen) atoms. The van der Waals surface area contributed by atoms with E-state index in [0.717, 1.165) is 22.6 Å². The highest BCUT2D eigenvalue weighted by Gasteiger charge is 2.39. The molecular weight excluding hydrogens is 381 g/mol. The van der Waals surface area contributed by atoms with E-state index in [1.54, 1.807) is 19.1 Å². The smallest absolute Gasteiger partial charge is 0.350 e. The first kappa shape index (κ1) is 19.0. The molecule has 0 aliphatic carbocycles. The Balaban J connectivity index is 1.93. The Labute approximate surface area is 158 Å². The molecule has 0 spiro atoms. The van der Waals surface area contributed by atoms with Gasteiger partial charge in [-0.25, -0.2) is 4.90 Å². The fourth-order valence-electron chi connectivity index (χ4n) is 2.80. The van der Waals surface area contributed by atoms with Crippen molar-refractivity contribution in [2.75, 3.05) is 10.2 Å². The molecule has 0 saturated heterocycles. The van der Waals surface area contributed by atoms with Crippen molar-refractivity contribution < 1.29 is 22.8 Å². The zero-order valence-corrected chi connectivity index (χ0v) is 15.1. The summed E-state index contributed by atoms with van der Waals surface area (Å²) in [5.41, 5.74) is 0.877. The average molecular weight is 395 g/mol. The normalized spacial score (nSPS) is 15.0. The zero-order valence-electron chi connectivity index (χ0n) is 14.3. The minimum Gasteiger partial charge on any atom is -0.350 e. The molecule has 0 radical (unpaired) electrons. The van der Waals surface area contributed by atoms with Gasteiger partial charge in [0.1, 0.15) is 10.7 Å². The number of carbonyl (C=O) groups excluding carboxylic acids is 2. The number of hydrogen-bond donors (Lipinski definition) is 1.